The predicted molar refractivity (Wildman–Crippen MR) is 68.4 cm³/mol. The van der Waals surface area contributed by atoms with Gasteiger partial charge >= 0.3 is 0 Å². The largest absolute Gasteiger partial charge is 0.504 e. The van der Waals surface area contributed by atoms with Crippen molar-refractivity contribution in [1.29, 1.82) is 5.26 Å². The Morgan fingerprint density at radius 1 is 1.44 bits per heavy atom. The number of ether oxygens (including phenoxy) is 1. The monoisotopic (exact) mass is 246 g/mol. The Hall–Kier alpha value is -1.73. The van der Waals surface area contributed by atoms with Gasteiger partial charge in [0.05, 0.1) is 12.7 Å². The number of benzene rings is 1. The Labute approximate surface area is 107 Å². The maximum absolute atomic E-state index is 10.2. The Morgan fingerprint density at radius 2 is 2.17 bits per heavy atom. The molecule has 1 aliphatic heterocycles. The number of hydrogen-bond acceptors (Lipinski definition) is 4. The highest BCUT2D eigenvalue weighted by Crippen LogP contribution is 2.36. The summed E-state index contributed by atoms with van der Waals surface area (Å²) in [6.45, 7) is 4.19. The minimum atomic E-state index is -0.382. The first kappa shape index (κ1) is 12.7. The summed E-state index contributed by atoms with van der Waals surface area (Å²) < 4.78 is 5.36. The van der Waals surface area contributed by atoms with E-state index in [0.29, 0.717) is 17.9 Å². The molecular weight excluding hydrogens is 228 g/mol. The normalized spacial score (nSPS) is 17.3. The van der Waals surface area contributed by atoms with Gasteiger partial charge in [-0.25, -0.2) is 0 Å². The van der Waals surface area contributed by atoms with E-state index in [1.807, 2.05) is 13.0 Å². The number of likely N-dealkylation sites (tertiary alicyclic amines) is 1. The van der Waals surface area contributed by atoms with Gasteiger partial charge in [0, 0.05) is 5.56 Å². The van der Waals surface area contributed by atoms with Crippen molar-refractivity contribution >= 4 is 0 Å². The topological polar surface area (TPSA) is 56.5 Å². The number of phenolic OH excluding ortho intramolecular Hbond substituents is 1. The van der Waals surface area contributed by atoms with E-state index in [9.17, 15) is 10.4 Å². The predicted octanol–water partition coefficient (Wildman–Crippen LogP) is 2.45. The van der Waals surface area contributed by atoms with Gasteiger partial charge in [-0.2, -0.15) is 5.26 Å². The number of rotatable bonds is 4. The number of phenols is 1. The fraction of sp³-hybridized carbons (Fsp3) is 0.500. The summed E-state index contributed by atoms with van der Waals surface area (Å²) in [4.78, 5) is 2.10. The third-order valence-electron chi connectivity index (χ3n) is 3.25. The van der Waals surface area contributed by atoms with Crippen LogP contribution in [0.4, 0.5) is 0 Å². The van der Waals surface area contributed by atoms with Gasteiger partial charge in [-0.3, -0.25) is 4.90 Å². The van der Waals surface area contributed by atoms with Crippen molar-refractivity contribution in [3.63, 3.8) is 0 Å². The van der Waals surface area contributed by atoms with Crippen molar-refractivity contribution in [2.45, 2.75) is 25.8 Å². The number of para-hydroxylation sites is 1. The molecule has 96 valence electrons. The smallest absolute Gasteiger partial charge is 0.163 e. The SMILES string of the molecule is CCOc1cccc(C(C#N)N2CCCC2)c1O. The van der Waals surface area contributed by atoms with Gasteiger partial charge < -0.3 is 9.84 Å². The van der Waals surface area contributed by atoms with E-state index in [1.54, 1.807) is 12.1 Å². The molecule has 0 aromatic heterocycles. The van der Waals surface area contributed by atoms with Crippen LogP contribution in [0.5, 0.6) is 11.5 Å². The summed E-state index contributed by atoms with van der Waals surface area (Å²) in [6.07, 6.45) is 2.23. The molecule has 0 radical (unpaired) electrons. The standard InChI is InChI=1S/C14H18N2O2/c1-2-18-13-7-5-6-11(14(13)17)12(10-15)16-8-3-4-9-16/h5-7,12,17H,2-4,8-9H2,1H3. The summed E-state index contributed by atoms with van der Waals surface area (Å²) >= 11 is 0. The maximum atomic E-state index is 10.2. The highest BCUT2D eigenvalue weighted by molar-refractivity contribution is 5.48. The molecule has 1 saturated heterocycles. The third kappa shape index (κ3) is 2.41. The van der Waals surface area contributed by atoms with Crippen LogP contribution in [0.15, 0.2) is 18.2 Å². The molecule has 0 saturated carbocycles. The van der Waals surface area contributed by atoms with Crippen molar-refractivity contribution < 1.29 is 9.84 Å². The van der Waals surface area contributed by atoms with Gasteiger partial charge in [-0.1, -0.05) is 12.1 Å². The van der Waals surface area contributed by atoms with Crippen LogP contribution in [0.2, 0.25) is 0 Å². The highest BCUT2D eigenvalue weighted by Gasteiger charge is 2.26. The van der Waals surface area contributed by atoms with Crippen LogP contribution >= 0.6 is 0 Å². The molecule has 4 nitrogen and oxygen atoms in total. The second kappa shape index (κ2) is 5.74. The number of aromatic hydroxyl groups is 1. The maximum Gasteiger partial charge on any atom is 0.163 e. The molecule has 1 unspecified atom stereocenters. The molecule has 1 atom stereocenters. The van der Waals surface area contributed by atoms with Gasteiger partial charge in [-0.15, -0.1) is 0 Å². The van der Waals surface area contributed by atoms with Crippen molar-refractivity contribution in [3.05, 3.63) is 23.8 Å². The van der Waals surface area contributed by atoms with Gasteiger partial charge in [-0.05, 0) is 38.9 Å². The Balaban J connectivity index is 2.30. The molecule has 1 aliphatic rings. The fourth-order valence-corrected chi connectivity index (χ4v) is 2.38. The van der Waals surface area contributed by atoms with E-state index in [2.05, 4.69) is 11.0 Å². The van der Waals surface area contributed by atoms with Crippen LogP contribution in [-0.2, 0) is 0 Å². The quantitative estimate of drug-likeness (QED) is 0.886. The zero-order chi connectivity index (χ0) is 13.0. The second-order valence-corrected chi connectivity index (χ2v) is 4.40. The van der Waals surface area contributed by atoms with E-state index in [-0.39, 0.29) is 11.8 Å². The molecule has 1 heterocycles. The summed E-state index contributed by atoms with van der Waals surface area (Å²) in [7, 11) is 0. The first-order valence-corrected chi connectivity index (χ1v) is 6.36. The molecule has 1 N–H and O–H groups in total. The van der Waals surface area contributed by atoms with Crippen molar-refractivity contribution in [2.75, 3.05) is 19.7 Å². The lowest BCUT2D eigenvalue weighted by atomic mass is 10.1. The van der Waals surface area contributed by atoms with E-state index in [1.165, 1.54) is 0 Å². The first-order chi connectivity index (χ1) is 8.77. The minimum absolute atomic E-state index is 0.0952. The molecule has 0 spiro atoms. The van der Waals surface area contributed by atoms with Crippen molar-refractivity contribution in [1.82, 2.24) is 4.90 Å². The Kier molecular flexibility index (Phi) is 4.06. The van der Waals surface area contributed by atoms with Gasteiger partial charge in [0.1, 0.15) is 6.04 Å². The molecule has 4 heteroatoms. The minimum Gasteiger partial charge on any atom is -0.504 e. The van der Waals surface area contributed by atoms with Crippen LogP contribution in [0.25, 0.3) is 0 Å². The first-order valence-electron chi connectivity index (χ1n) is 6.36. The number of hydrogen-bond donors (Lipinski definition) is 1. The number of nitrogens with zero attached hydrogens (tertiary/aromatic N) is 2. The van der Waals surface area contributed by atoms with Crippen LogP contribution in [0.1, 0.15) is 31.4 Å². The molecule has 0 amide bonds. The van der Waals surface area contributed by atoms with Gasteiger partial charge in [0.2, 0.25) is 0 Å². The zero-order valence-electron chi connectivity index (χ0n) is 10.6. The fourth-order valence-electron chi connectivity index (χ4n) is 2.38. The molecule has 0 aliphatic carbocycles. The van der Waals surface area contributed by atoms with E-state index >= 15 is 0 Å². The third-order valence-corrected chi connectivity index (χ3v) is 3.25. The lowest BCUT2D eigenvalue weighted by Crippen LogP contribution is -2.24. The van der Waals surface area contributed by atoms with E-state index in [4.69, 9.17) is 4.74 Å². The molecule has 18 heavy (non-hydrogen) atoms. The zero-order valence-corrected chi connectivity index (χ0v) is 10.6. The van der Waals surface area contributed by atoms with Crippen molar-refractivity contribution in [2.24, 2.45) is 0 Å². The molecule has 1 fully saturated rings. The summed E-state index contributed by atoms with van der Waals surface area (Å²) in [5, 5.41) is 19.5. The molecule has 0 bridgehead atoms. The lowest BCUT2D eigenvalue weighted by molar-refractivity contribution is 0.280. The number of nitriles is 1. The van der Waals surface area contributed by atoms with Crippen molar-refractivity contribution in [3.8, 4) is 17.6 Å². The summed E-state index contributed by atoms with van der Waals surface area (Å²) in [5.74, 6) is 0.548. The second-order valence-electron chi connectivity index (χ2n) is 4.40. The average Bonchev–Trinajstić information content (AvgIpc) is 2.89. The Bertz CT molecular complexity index is 448. The van der Waals surface area contributed by atoms with Crippen LogP contribution in [0, 0.1) is 11.3 Å². The highest BCUT2D eigenvalue weighted by atomic mass is 16.5. The summed E-state index contributed by atoms with van der Waals surface area (Å²) in [6, 6.07) is 7.24. The van der Waals surface area contributed by atoms with E-state index < -0.39 is 0 Å². The molecular formula is C14H18N2O2. The van der Waals surface area contributed by atoms with Crippen LogP contribution < -0.4 is 4.74 Å². The Morgan fingerprint density at radius 3 is 2.78 bits per heavy atom. The summed E-state index contributed by atoms with van der Waals surface area (Å²) in [5.41, 5.74) is 0.644. The van der Waals surface area contributed by atoms with Gasteiger partial charge in [0.15, 0.2) is 11.5 Å². The average molecular weight is 246 g/mol. The molecule has 1 aromatic carbocycles. The van der Waals surface area contributed by atoms with Crippen LogP contribution in [0.3, 0.4) is 0 Å². The lowest BCUT2D eigenvalue weighted by Gasteiger charge is -2.22. The van der Waals surface area contributed by atoms with Gasteiger partial charge in [0.25, 0.3) is 0 Å². The van der Waals surface area contributed by atoms with E-state index in [0.717, 1.165) is 25.9 Å². The van der Waals surface area contributed by atoms with Crippen LogP contribution in [-0.4, -0.2) is 29.7 Å². The molecule has 2 rings (SSSR count). The molecule has 1 aromatic rings.